The molecule has 1 unspecified atom stereocenters. The van der Waals surface area contributed by atoms with Gasteiger partial charge in [0.1, 0.15) is 5.69 Å². The average molecular weight is 710 g/mol. The van der Waals surface area contributed by atoms with Crippen molar-refractivity contribution in [2.75, 3.05) is 89.3 Å². The first-order chi connectivity index (χ1) is 25.0. The molecule has 9 heteroatoms. The minimum Gasteiger partial charge on any atom is -0.382 e. The molecule has 1 fully saturated rings. The number of pyridine rings is 1. The van der Waals surface area contributed by atoms with Crippen molar-refractivity contribution in [1.29, 1.82) is 0 Å². The summed E-state index contributed by atoms with van der Waals surface area (Å²) in [5.41, 5.74) is 7.55. The maximum atomic E-state index is 14.3. The van der Waals surface area contributed by atoms with Crippen molar-refractivity contribution in [3.05, 3.63) is 141 Å². The van der Waals surface area contributed by atoms with Gasteiger partial charge in [-0.05, 0) is 66.1 Å². The minimum absolute atomic E-state index is 0.000719. The first-order valence-electron chi connectivity index (χ1n) is 17.8. The fraction of sp³-hybridized carbons (Fsp3) is 0.357. The number of hydrogen-bond donors (Lipinski definition) is 0. The van der Waals surface area contributed by atoms with Crippen LogP contribution in [0.5, 0.6) is 0 Å². The molecule has 6 rings (SSSR count). The molecule has 5 aromatic rings. The van der Waals surface area contributed by atoms with Gasteiger partial charge >= 0.3 is 0 Å². The van der Waals surface area contributed by atoms with Gasteiger partial charge in [0.2, 0.25) is 0 Å². The molecular weight excluding hydrogens is 662 g/mol. The third kappa shape index (κ3) is 9.58. The molecule has 8 nitrogen and oxygen atoms in total. The second kappa shape index (κ2) is 18.4. The summed E-state index contributed by atoms with van der Waals surface area (Å²) in [5.74, 6) is -0.000719. The van der Waals surface area contributed by atoms with Crippen LogP contribution in [0.4, 0.5) is 11.4 Å². The topological polar surface area (TPSA) is 65.4 Å². The molecule has 51 heavy (non-hydrogen) atoms. The first-order valence-corrected chi connectivity index (χ1v) is 18.2. The molecule has 2 heterocycles. The van der Waals surface area contributed by atoms with E-state index in [1.807, 2.05) is 22.8 Å². The number of aryl methyl sites for hydroxylation is 1. The zero-order valence-electron chi connectivity index (χ0n) is 29.6. The summed E-state index contributed by atoms with van der Waals surface area (Å²) in [4.78, 5) is 18.9. The second-order valence-corrected chi connectivity index (χ2v) is 13.3. The Hall–Kier alpha value is -4.18. The number of fused-ring (bicyclic) bond motifs is 1. The fourth-order valence-corrected chi connectivity index (χ4v) is 6.82. The van der Waals surface area contributed by atoms with E-state index in [4.69, 9.17) is 30.5 Å². The van der Waals surface area contributed by atoms with Crippen LogP contribution in [0.2, 0.25) is 5.02 Å². The quantitative estimate of drug-likeness (QED) is 0.0750. The maximum absolute atomic E-state index is 14.3. The van der Waals surface area contributed by atoms with E-state index in [1.54, 1.807) is 7.11 Å². The zero-order chi connectivity index (χ0) is 35.4. The number of ether oxygens (including phenoxy) is 4. The molecule has 0 saturated carbocycles. The van der Waals surface area contributed by atoms with Crippen molar-refractivity contribution in [1.82, 2.24) is 4.57 Å². The van der Waals surface area contributed by atoms with Crippen LogP contribution >= 0.6 is 11.6 Å². The molecule has 1 aliphatic heterocycles. The molecule has 0 amide bonds. The van der Waals surface area contributed by atoms with Crippen molar-refractivity contribution in [2.24, 2.45) is 0 Å². The van der Waals surface area contributed by atoms with Gasteiger partial charge in [0.25, 0.3) is 5.56 Å². The van der Waals surface area contributed by atoms with Gasteiger partial charge in [-0.25, -0.2) is 0 Å². The Labute approximate surface area is 306 Å². The predicted molar refractivity (Wildman–Crippen MR) is 207 cm³/mol. The molecule has 1 aromatic heterocycles. The molecule has 0 bridgehead atoms. The van der Waals surface area contributed by atoms with E-state index in [2.05, 4.69) is 102 Å². The van der Waals surface area contributed by atoms with Gasteiger partial charge in [0, 0.05) is 61.8 Å². The van der Waals surface area contributed by atoms with E-state index in [1.165, 1.54) is 16.8 Å². The summed E-state index contributed by atoms with van der Waals surface area (Å²) in [7, 11) is 1.65. The number of piperazine rings is 1. The first kappa shape index (κ1) is 36.6. The van der Waals surface area contributed by atoms with E-state index in [9.17, 15) is 4.79 Å². The summed E-state index contributed by atoms with van der Waals surface area (Å²) < 4.78 is 23.9. The Morgan fingerprint density at radius 2 is 1.22 bits per heavy atom. The maximum Gasteiger partial charge on any atom is 0.274 e. The monoisotopic (exact) mass is 709 g/mol. The average Bonchev–Trinajstić information content (AvgIpc) is 3.16. The van der Waals surface area contributed by atoms with Crippen LogP contribution in [-0.2, 0) is 25.5 Å². The van der Waals surface area contributed by atoms with Crippen molar-refractivity contribution in [3.8, 4) is 0 Å². The SMILES string of the molecule is COCCOCCOCCOCCn1c(=O)c(N2CCN(c3ccccc3)CC2)cc2cc(C(c3ccc(C)cc3)c3ccc(Cl)cc3)ccc21. The molecule has 0 spiro atoms. The number of halogens is 1. The van der Waals surface area contributed by atoms with Crippen LogP contribution in [0.3, 0.4) is 0 Å². The van der Waals surface area contributed by atoms with E-state index in [-0.39, 0.29) is 11.5 Å². The third-order valence-corrected chi connectivity index (χ3v) is 9.67. The molecule has 1 saturated heterocycles. The highest BCUT2D eigenvalue weighted by molar-refractivity contribution is 6.30. The third-order valence-electron chi connectivity index (χ3n) is 9.42. The van der Waals surface area contributed by atoms with Gasteiger partial charge in [0.05, 0.1) is 51.8 Å². The van der Waals surface area contributed by atoms with Crippen LogP contribution in [0.25, 0.3) is 10.9 Å². The Bertz CT molecular complexity index is 1830. The minimum atomic E-state index is -0.000719. The normalized spacial score (nSPS) is 13.9. The number of hydrogen-bond acceptors (Lipinski definition) is 7. The van der Waals surface area contributed by atoms with Crippen molar-refractivity contribution in [3.63, 3.8) is 0 Å². The molecule has 4 aromatic carbocycles. The predicted octanol–water partition coefficient (Wildman–Crippen LogP) is 7.17. The number of rotatable bonds is 17. The summed E-state index contributed by atoms with van der Waals surface area (Å²) >= 11 is 6.31. The Kier molecular flexibility index (Phi) is 13.2. The summed E-state index contributed by atoms with van der Waals surface area (Å²) in [6, 6.07) is 35.9. The van der Waals surface area contributed by atoms with Crippen LogP contribution in [-0.4, -0.2) is 84.1 Å². The molecule has 1 aliphatic rings. The Morgan fingerprint density at radius 3 is 1.86 bits per heavy atom. The van der Waals surface area contributed by atoms with Gasteiger partial charge in [-0.15, -0.1) is 0 Å². The van der Waals surface area contributed by atoms with Gasteiger partial charge < -0.3 is 33.3 Å². The Morgan fingerprint density at radius 1 is 0.647 bits per heavy atom. The van der Waals surface area contributed by atoms with Crippen molar-refractivity contribution >= 4 is 33.9 Å². The van der Waals surface area contributed by atoms with Gasteiger partial charge in [-0.2, -0.15) is 0 Å². The molecule has 268 valence electrons. The summed E-state index contributed by atoms with van der Waals surface area (Å²) in [5, 5.41) is 1.73. The fourth-order valence-electron chi connectivity index (χ4n) is 6.70. The lowest BCUT2D eigenvalue weighted by molar-refractivity contribution is 0.00277. The zero-order valence-corrected chi connectivity index (χ0v) is 30.4. The lowest BCUT2D eigenvalue weighted by Crippen LogP contribution is -2.48. The lowest BCUT2D eigenvalue weighted by Gasteiger charge is -2.37. The van der Waals surface area contributed by atoms with Crippen molar-refractivity contribution in [2.45, 2.75) is 19.4 Å². The highest BCUT2D eigenvalue weighted by Gasteiger charge is 2.23. The number of methoxy groups -OCH3 is 1. The summed E-state index contributed by atoms with van der Waals surface area (Å²) in [6.07, 6.45) is 0. The van der Waals surface area contributed by atoms with Gasteiger partial charge in [0.15, 0.2) is 0 Å². The smallest absolute Gasteiger partial charge is 0.274 e. The molecule has 0 N–H and O–H groups in total. The van der Waals surface area contributed by atoms with Crippen molar-refractivity contribution < 1.29 is 18.9 Å². The standard InChI is InChI=1S/C42H48ClN3O5/c1-32-8-10-33(11-9-32)41(34-12-15-37(43)16-13-34)35-14-17-39-36(30-35)31-40(45-20-18-44(19-21-45)38-6-4-3-5-7-38)42(47)46(39)22-23-49-26-27-51-29-28-50-25-24-48-2/h3-17,30-31,41H,18-29H2,1-2H3. The molecule has 1 atom stereocenters. The van der Waals surface area contributed by atoms with E-state index >= 15 is 0 Å². The van der Waals surface area contributed by atoms with Crippen LogP contribution in [0.15, 0.2) is 108 Å². The highest BCUT2D eigenvalue weighted by Crippen LogP contribution is 2.35. The molecular formula is C42H48ClN3O5. The molecule has 0 aliphatic carbocycles. The van der Waals surface area contributed by atoms with E-state index in [0.717, 1.165) is 53.9 Å². The Balaban J connectivity index is 1.26. The highest BCUT2D eigenvalue weighted by atomic mass is 35.5. The van der Waals surface area contributed by atoms with E-state index in [0.29, 0.717) is 57.8 Å². The number of para-hydroxylation sites is 1. The van der Waals surface area contributed by atoms with Crippen LogP contribution in [0, 0.1) is 6.92 Å². The summed E-state index contributed by atoms with van der Waals surface area (Å²) in [6.45, 7) is 9.17. The number of aromatic nitrogens is 1. The number of anilines is 2. The van der Waals surface area contributed by atoms with Gasteiger partial charge in [-0.3, -0.25) is 4.79 Å². The number of nitrogens with zero attached hydrogens (tertiary/aromatic N) is 3. The van der Waals surface area contributed by atoms with E-state index < -0.39 is 0 Å². The second-order valence-electron chi connectivity index (χ2n) is 12.8. The molecule has 0 radical (unpaired) electrons. The van der Waals surface area contributed by atoms with Crippen LogP contribution < -0.4 is 15.4 Å². The van der Waals surface area contributed by atoms with Crippen LogP contribution in [0.1, 0.15) is 28.2 Å². The lowest BCUT2D eigenvalue weighted by atomic mass is 9.84. The number of benzene rings is 4. The van der Waals surface area contributed by atoms with Gasteiger partial charge in [-0.1, -0.05) is 77.8 Å². The largest absolute Gasteiger partial charge is 0.382 e.